The summed E-state index contributed by atoms with van der Waals surface area (Å²) in [7, 11) is 0. The van der Waals surface area contributed by atoms with Crippen LogP contribution in [0.4, 0.5) is 19.3 Å². The quantitative estimate of drug-likeness (QED) is 0.798. The van der Waals surface area contributed by atoms with Gasteiger partial charge in [-0.15, -0.1) is 0 Å². The highest BCUT2D eigenvalue weighted by molar-refractivity contribution is 5.84. The van der Waals surface area contributed by atoms with Crippen LogP contribution in [0.25, 0.3) is 0 Å². The summed E-state index contributed by atoms with van der Waals surface area (Å²) < 4.78 is 29.8. The van der Waals surface area contributed by atoms with Crippen LogP contribution in [0.5, 0.6) is 0 Å². The van der Waals surface area contributed by atoms with Crippen molar-refractivity contribution in [2.45, 2.75) is 6.92 Å². The predicted molar refractivity (Wildman–Crippen MR) is 47.0 cm³/mol. The van der Waals surface area contributed by atoms with Gasteiger partial charge in [0.2, 0.25) is 0 Å². The Morgan fingerprint density at radius 1 is 1.36 bits per heavy atom. The van der Waals surface area contributed by atoms with E-state index in [1.807, 2.05) is 0 Å². The summed E-state index contributed by atoms with van der Waals surface area (Å²) >= 11 is 0. The van der Waals surface area contributed by atoms with E-state index in [4.69, 9.17) is 0 Å². The van der Waals surface area contributed by atoms with Crippen LogP contribution in [0, 0.1) is 11.6 Å². The number of carbonyl (C=O) groups excluding carboxylic acids is 1. The van der Waals surface area contributed by atoms with Crippen molar-refractivity contribution in [2.75, 3.05) is 11.9 Å². The second-order valence-electron chi connectivity index (χ2n) is 2.50. The van der Waals surface area contributed by atoms with Crippen LogP contribution in [0.3, 0.4) is 0 Å². The maximum absolute atomic E-state index is 12.6. The zero-order valence-electron chi connectivity index (χ0n) is 7.51. The zero-order chi connectivity index (χ0) is 10.6. The lowest BCUT2D eigenvalue weighted by Crippen LogP contribution is -2.13. The number of halogens is 2. The van der Waals surface area contributed by atoms with E-state index in [-0.39, 0.29) is 12.3 Å². The number of benzene rings is 1. The maximum atomic E-state index is 12.6. The van der Waals surface area contributed by atoms with E-state index in [2.05, 4.69) is 10.1 Å². The average molecular weight is 201 g/mol. The fourth-order valence-corrected chi connectivity index (χ4v) is 0.911. The van der Waals surface area contributed by atoms with E-state index >= 15 is 0 Å². The number of hydrogen-bond donors (Lipinski definition) is 1. The van der Waals surface area contributed by atoms with Gasteiger partial charge in [-0.05, 0) is 19.1 Å². The van der Waals surface area contributed by atoms with Gasteiger partial charge >= 0.3 is 6.09 Å². The Labute approximate surface area is 79.7 Å². The van der Waals surface area contributed by atoms with Crippen molar-refractivity contribution in [1.82, 2.24) is 0 Å². The first-order chi connectivity index (χ1) is 6.61. The third-order valence-electron chi connectivity index (χ3n) is 1.38. The largest absolute Gasteiger partial charge is 0.450 e. The Bertz CT molecular complexity index is 321. The van der Waals surface area contributed by atoms with E-state index in [1.165, 1.54) is 0 Å². The standard InChI is InChI=1S/C9H9F2NO2/c1-2-14-9(13)12-8-4-6(10)3-7(11)5-8/h3-5H,2H2,1H3,(H,12,13). The molecule has 1 amide bonds. The molecule has 1 aromatic rings. The molecule has 14 heavy (non-hydrogen) atoms. The number of nitrogens with one attached hydrogen (secondary N) is 1. The van der Waals surface area contributed by atoms with Crippen LogP contribution in [-0.2, 0) is 4.74 Å². The molecular formula is C9H9F2NO2. The van der Waals surface area contributed by atoms with Crippen molar-refractivity contribution in [3.05, 3.63) is 29.8 Å². The Hall–Kier alpha value is -1.65. The first kappa shape index (κ1) is 10.4. The van der Waals surface area contributed by atoms with Gasteiger partial charge in [0.25, 0.3) is 0 Å². The van der Waals surface area contributed by atoms with E-state index in [1.54, 1.807) is 6.92 Å². The maximum Gasteiger partial charge on any atom is 0.411 e. The third kappa shape index (κ3) is 3.01. The number of ether oxygens (including phenoxy) is 1. The van der Waals surface area contributed by atoms with Crippen LogP contribution in [0.2, 0.25) is 0 Å². The van der Waals surface area contributed by atoms with Crippen molar-refractivity contribution >= 4 is 11.8 Å². The molecule has 0 unspecified atom stereocenters. The monoisotopic (exact) mass is 201 g/mol. The van der Waals surface area contributed by atoms with Crippen LogP contribution >= 0.6 is 0 Å². The summed E-state index contributed by atoms with van der Waals surface area (Å²) in [5, 5.41) is 2.18. The lowest BCUT2D eigenvalue weighted by molar-refractivity contribution is 0.168. The Balaban J connectivity index is 2.71. The molecule has 0 radical (unpaired) electrons. The van der Waals surface area contributed by atoms with E-state index in [9.17, 15) is 13.6 Å². The minimum Gasteiger partial charge on any atom is -0.450 e. The molecule has 0 bridgehead atoms. The molecular weight excluding hydrogens is 192 g/mol. The lowest BCUT2D eigenvalue weighted by atomic mass is 10.3. The molecule has 1 rings (SSSR count). The fraction of sp³-hybridized carbons (Fsp3) is 0.222. The number of amides is 1. The first-order valence-electron chi connectivity index (χ1n) is 4.01. The zero-order valence-corrected chi connectivity index (χ0v) is 7.51. The van der Waals surface area contributed by atoms with Crippen molar-refractivity contribution < 1.29 is 18.3 Å². The number of carbonyl (C=O) groups is 1. The van der Waals surface area contributed by atoms with Gasteiger partial charge in [0, 0.05) is 11.8 Å². The molecule has 1 N–H and O–H groups in total. The Kier molecular flexibility index (Phi) is 3.39. The highest BCUT2D eigenvalue weighted by Crippen LogP contribution is 2.12. The highest BCUT2D eigenvalue weighted by Gasteiger charge is 2.04. The van der Waals surface area contributed by atoms with Gasteiger partial charge in [0.05, 0.1) is 6.61 Å². The van der Waals surface area contributed by atoms with Crippen molar-refractivity contribution in [3.63, 3.8) is 0 Å². The summed E-state index contributed by atoms with van der Waals surface area (Å²) in [4.78, 5) is 10.9. The van der Waals surface area contributed by atoms with Gasteiger partial charge in [0.15, 0.2) is 0 Å². The molecule has 0 fully saturated rings. The summed E-state index contributed by atoms with van der Waals surface area (Å²) in [6.45, 7) is 1.83. The first-order valence-corrected chi connectivity index (χ1v) is 4.01. The molecule has 0 heterocycles. The molecule has 3 nitrogen and oxygen atoms in total. The summed E-state index contributed by atoms with van der Waals surface area (Å²) in [5.74, 6) is -1.51. The molecule has 0 saturated heterocycles. The molecule has 0 saturated carbocycles. The van der Waals surface area contributed by atoms with Crippen LogP contribution in [0.15, 0.2) is 18.2 Å². The molecule has 0 aromatic heterocycles. The second kappa shape index (κ2) is 4.55. The van der Waals surface area contributed by atoms with Crippen molar-refractivity contribution in [3.8, 4) is 0 Å². The van der Waals surface area contributed by atoms with Crippen LogP contribution < -0.4 is 5.32 Å². The third-order valence-corrected chi connectivity index (χ3v) is 1.38. The molecule has 0 atom stereocenters. The Morgan fingerprint density at radius 3 is 2.43 bits per heavy atom. The highest BCUT2D eigenvalue weighted by atomic mass is 19.1. The Morgan fingerprint density at radius 2 is 1.93 bits per heavy atom. The molecule has 0 aliphatic rings. The van der Waals surface area contributed by atoms with Gasteiger partial charge in [0.1, 0.15) is 11.6 Å². The number of anilines is 1. The van der Waals surface area contributed by atoms with E-state index in [0.717, 1.165) is 18.2 Å². The van der Waals surface area contributed by atoms with Crippen LogP contribution in [0.1, 0.15) is 6.92 Å². The SMILES string of the molecule is CCOC(=O)Nc1cc(F)cc(F)c1. The van der Waals surface area contributed by atoms with E-state index in [0.29, 0.717) is 0 Å². The molecule has 0 aliphatic heterocycles. The smallest absolute Gasteiger partial charge is 0.411 e. The summed E-state index contributed by atoms with van der Waals surface area (Å²) in [6, 6.07) is 2.72. The van der Waals surface area contributed by atoms with Gasteiger partial charge in [-0.25, -0.2) is 13.6 Å². The number of rotatable bonds is 2. The summed E-state index contributed by atoms with van der Waals surface area (Å²) in [5.41, 5.74) is 0.0287. The molecule has 5 heteroatoms. The summed E-state index contributed by atoms with van der Waals surface area (Å²) in [6.07, 6.45) is -0.738. The van der Waals surface area contributed by atoms with Gasteiger partial charge in [-0.1, -0.05) is 0 Å². The van der Waals surface area contributed by atoms with Crippen molar-refractivity contribution in [2.24, 2.45) is 0 Å². The fourth-order valence-electron chi connectivity index (χ4n) is 0.911. The van der Waals surface area contributed by atoms with Gasteiger partial charge in [-0.2, -0.15) is 0 Å². The molecule has 0 aliphatic carbocycles. The molecule has 1 aromatic carbocycles. The van der Waals surface area contributed by atoms with Gasteiger partial charge < -0.3 is 4.74 Å². The average Bonchev–Trinajstić information content (AvgIpc) is 2.01. The molecule has 0 spiro atoms. The lowest BCUT2D eigenvalue weighted by Gasteiger charge is -2.04. The minimum atomic E-state index is -0.753. The van der Waals surface area contributed by atoms with E-state index < -0.39 is 17.7 Å². The topological polar surface area (TPSA) is 38.3 Å². The normalized spacial score (nSPS) is 9.64. The molecule has 76 valence electrons. The van der Waals surface area contributed by atoms with Crippen molar-refractivity contribution in [1.29, 1.82) is 0 Å². The second-order valence-corrected chi connectivity index (χ2v) is 2.50. The minimum absolute atomic E-state index is 0.0287. The number of hydrogen-bond acceptors (Lipinski definition) is 2. The van der Waals surface area contributed by atoms with Gasteiger partial charge in [-0.3, -0.25) is 5.32 Å². The van der Waals surface area contributed by atoms with Crippen LogP contribution in [-0.4, -0.2) is 12.7 Å². The predicted octanol–water partition coefficient (Wildman–Crippen LogP) is 2.53.